The van der Waals surface area contributed by atoms with Crippen LogP contribution in [0.4, 0.5) is 4.39 Å². The maximum Gasteiger partial charge on any atom is 0.123 e. The quantitative estimate of drug-likeness (QED) is 0.641. The van der Waals surface area contributed by atoms with Crippen LogP contribution in [0.15, 0.2) is 36.4 Å². The van der Waals surface area contributed by atoms with Gasteiger partial charge in [0.2, 0.25) is 0 Å². The van der Waals surface area contributed by atoms with E-state index in [0.29, 0.717) is 10.0 Å². The molecule has 0 N–H and O–H groups in total. The topological polar surface area (TPSA) is 0 Å². The number of benzene rings is 2. The van der Waals surface area contributed by atoms with E-state index in [-0.39, 0.29) is 11.7 Å². The van der Waals surface area contributed by atoms with Crippen molar-refractivity contribution in [2.24, 2.45) is 0 Å². The van der Waals surface area contributed by atoms with Gasteiger partial charge in [-0.1, -0.05) is 55.2 Å². The van der Waals surface area contributed by atoms with Crippen molar-refractivity contribution in [3.05, 3.63) is 57.8 Å². The van der Waals surface area contributed by atoms with Crippen molar-refractivity contribution in [2.45, 2.75) is 19.8 Å². The molecule has 18 heavy (non-hydrogen) atoms. The fourth-order valence-electron chi connectivity index (χ4n) is 1.95. The molecule has 0 saturated heterocycles. The van der Waals surface area contributed by atoms with Gasteiger partial charge in [0.15, 0.2) is 0 Å². The highest BCUT2D eigenvalue weighted by Crippen LogP contribution is 2.38. The highest BCUT2D eigenvalue weighted by atomic mass is 35.5. The minimum absolute atomic E-state index is 0.241. The first-order valence-corrected chi connectivity index (χ1v) is 6.50. The SMILES string of the molecule is CC(C)c1c(Cl)ccc(-c2ccc(F)cc2)c1Cl. The van der Waals surface area contributed by atoms with Crippen molar-refractivity contribution in [3.8, 4) is 11.1 Å². The van der Waals surface area contributed by atoms with Gasteiger partial charge in [-0.2, -0.15) is 0 Å². The third kappa shape index (κ3) is 2.52. The van der Waals surface area contributed by atoms with Crippen molar-refractivity contribution in [2.75, 3.05) is 0 Å². The minimum Gasteiger partial charge on any atom is -0.207 e. The van der Waals surface area contributed by atoms with E-state index in [0.717, 1.165) is 16.7 Å². The van der Waals surface area contributed by atoms with Gasteiger partial charge in [0.05, 0.1) is 5.02 Å². The Kier molecular flexibility index (Phi) is 3.94. The van der Waals surface area contributed by atoms with Crippen LogP contribution >= 0.6 is 23.2 Å². The molecule has 2 rings (SSSR count). The van der Waals surface area contributed by atoms with E-state index < -0.39 is 0 Å². The fourth-order valence-corrected chi connectivity index (χ4v) is 2.87. The summed E-state index contributed by atoms with van der Waals surface area (Å²) in [5, 5.41) is 1.31. The summed E-state index contributed by atoms with van der Waals surface area (Å²) in [6.45, 7) is 4.09. The fraction of sp³-hybridized carbons (Fsp3) is 0.200. The summed E-state index contributed by atoms with van der Waals surface area (Å²) in [6.07, 6.45) is 0. The Bertz CT molecular complexity index is 559. The molecule has 2 aromatic rings. The van der Waals surface area contributed by atoms with Crippen molar-refractivity contribution in [1.82, 2.24) is 0 Å². The Labute approximate surface area is 116 Å². The predicted molar refractivity (Wildman–Crippen MR) is 75.9 cm³/mol. The van der Waals surface area contributed by atoms with Crippen LogP contribution in [0.1, 0.15) is 25.3 Å². The summed E-state index contributed by atoms with van der Waals surface area (Å²) in [5.41, 5.74) is 2.70. The lowest BCUT2D eigenvalue weighted by molar-refractivity contribution is 0.628. The largest absolute Gasteiger partial charge is 0.207 e. The molecule has 2 aromatic carbocycles. The zero-order valence-electron chi connectivity index (χ0n) is 10.2. The first kappa shape index (κ1) is 13.4. The van der Waals surface area contributed by atoms with Crippen molar-refractivity contribution >= 4 is 23.2 Å². The van der Waals surface area contributed by atoms with Crippen LogP contribution < -0.4 is 0 Å². The van der Waals surface area contributed by atoms with Gasteiger partial charge in [0, 0.05) is 10.6 Å². The Morgan fingerprint density at radius 2 is 1.56 bits per heavy atom. The molecule has 0 aliphatic rings. The zero-order chi connectivity index (χ0) is 13.3. The van der Waals surface area contributed by atoms with Crippen LogP contribution in [0.5, 0.6) is 0 Å². The van der Waals surface area contributed by atoms with Gasteiger partial charge >= 0.3 is 0 Å². The van der Waals surface area contributed by atoms with E-state index in [2.05, 4.69) is 0 Å². The average molecular weight is 283 g/mol. The normalized spacial score (nSPS) is 11.0. The van der Waals surface area contributed by atoms with Gasteiger partial charge in [-0.15, -0.1) is 0 Å². The van der Waals surface area contributed by atoms with E-state index in [9.17, 15) is 4.39 Å². The molecule has 0 spiro atoms. The second kappa shape index (κ2) is 5.29. The molecule has 0 aromatic heterocycles. The van der Waals surface area contributed by atoms with Crippen LogP contribution in [-0.4, -0.2) is 0 Å². The summed E-state index contributed by atoms with van der Waals surface area (Å²) in [6, 6.07) is 9.99. The third-order valence-corrected chi connectivity index (χ3v) is 3.60. The minimum atomic E-state index is -0.257. The smallest absolute Gasteiger partial charge is 0.123 e. The molecule has 0 aliphatic carbocycles. The lowest BCUT2D eigenvalue weighted by Gasteiger charge is -2.14. The van der Waals surface area contributed by atoms with Crippen LogP contribution in [0.3, 0.4) is 0 Å². The molecule has 0 atom stereocenters. The molecule has 0 radical (unpaired) electrons. The molecule has 0 nitrogen and oxygen atoms in total. The molecule has 0 unspecified atom stereocenters. The highest BCUT2D eigenvalue weighted by Gasteiger charge is 2.14. The molecule has 94 valence electrons. The zero-order valence-corrected chi connectivity index (χ0v) is 11.7. The van der Waals surface area contributed by atoms with Crippen LogP contribution in [0.2, 0.25) is 10.0 Å². The molecule has 0 saturated carbocycles. The van der Waals surface area contributed by atoms with E-state index in [4.69, 9.17) is 23.2 Å². The van der Waals surface area contributed by atoms with E-state index in [1.165, 1.54) is 12.1 Å². The number of halogens is 3. The summed E-state index contributed by atoms with van der Waals surface area (Å²) in [7, 11) is 0. The number of hydrogen-bond donors (Lipinski definition) is 0. The molecular weight excluding hydrogens is 270 g/mol. The van der Waals surface area contributed by atoms with E-state index in [1.807, 2.05) is 26.0 Å². The average Bonchev–Trinajstić information content (AvgIpc) is 2.30. The van der Waals surface area contributed by atoms with Crippen molar-refractivity contribution in [1.29, 1.82) is 0 Å². The molecule has 0 bridgehead atoms. The Morgan fingerprint density at radius 3 is 2.11 bits per heavy atom. The van der Waals surface area contributed by atoms with Crippen LogP contribution in [0, 0.1) is 5.82 Å². The van der Waals surface area contributed by atoms with Gasteiger partial charge in [-0.25, -0.2) is 4.39 Å². The number of rotatable bonds is 2. The first-order valence-electron chi connectivity index (χ1n) is 5.74. The lowest BCUT2D eigenvalue weighted by Crippen LogP contribution is -1.93. The maximum atomic E-state index is 12.9. The van der Waals surface area contributed by atoms with Gasteiger partial charge in [-0.05, 0) is 35.2 Å². The van der Waals surface area contributed by atoms with Gasteiger partial charge in [0.25, 0.3) is 0 Å². The summed E-state index contributed by atoms with van der Waals surface area (Å²) in [5.74, 6) is -0.0154. The standard InChI is InChI=1S/C15H13Cl2F/c1-9(2)14-13(16)8-7-12(15(14)17)10-3-5-11(18)6-4-10/h3-9H,1-2H3. The van der Waals surface area contributed by atoms with E-state index in [1.54, 1.807) is 12.1 Å². The Hall–Kier alpha value is -1.05. The van der Waals surface area contributed by atoms with Crippen molar-refractivity contribution in [3.63, 3.8) is 0 Å². The van der Waals surface area contributed by atoms with Crippen LogP contribution in [0.25, 0.3) is 11.1 Å². The predicted octanol–water partition coefficient (Wildman–Crippen LogP) is 5.92. The third-order valence-electron chi connectivity index (χ3n) is 2.86. The molecule has 0 aliphatic heterocycles. The Morgan fingerprint density at radius 1 is 0.944 bits per heavy atom. The summed E-state index contributed by atoms with van der Waals surface area (Å²) >= 11 is 12.6. The number of hydrogen-bond acceptors (Lipinski definition) is 0. The highest BCUT2D eigenvalue weighted by molar-refractivity contribution is 6.38. The molecule has 0 heterocycles. The van der Waals surface area contributed by atoms with Crippen molar-refractivity contribution < 1.29 is 4.39 Å². The first-order chi connectivity index (χ1) is 8.50. The van der Waals surface area contributed by atoms with E-state index >= 15 is 0 Å². The molecule has 3 heteroatoms. The van der Waals surface area contributed by atoms with Crippen LogP contribution in [-0.2, 0) is 0 Å². The molecule has 0 amide bonds. The summed E-state index contributed by atoms with van der Waals surface area (Å²) in [4.78, 5) is 0. The van der Waals surface area contributed by atoms with Gasteiger partial charge in [0.1, 0.15) is 5.82 Å². The second-order valence-corrected chi connectivity index (χ2v) is 5.27. The monoisotopic (exact) mass is 282 g/mol. The second-order valence-electron chi connectivity index (χ2n) is 4.48. The lowest BCUT2D eigenvalue weighted by atomic mass is 9.97. The maximum absolute atomic E-state index is 12.9. The van der Waals surface area contributed by atoms with Gasteiger partial charge < -0.3 is 0 Å². The molecular formula is C15H13Cl2F. The molecule has 0 fully saturated rings. The summed E-state index contributed by atoms with van der Waals surface area (Å²) < 4.78 is 12.9. The Balaban J connectivity index is 2.59. The van der Waals surface area contributed by atoms with Gasteiger partial charge in [-0.3, -0.25) is 0 Å².